The summed E-state index contributed by atoms with van der Waals surface area (Å²) in [5.41, 5.74) is 0. The van der Waals surface area contributed by atoms with Crippen LogP contribution in [0.5, 0.6) is 0 Å². The number of methoxy groups -OCH3 is 1. The summed E-state index contributed by atoms with van der Waals surface area (Å²) in [6.07, 6.45) is 4.04. The quantitative estimate of drug-likeness (QED) is 0.562. The molecule has 1 heterocycles. The monoisotopic (exact) mass is 237 g/mol. The van der Waals surface area contributed by atoms with Crippen molar-refractivity contribution in [3.8, 4) is 0 Å². The van der Waals surface area contributed by atoms with E-state index >= 15 is 0 Å². The molecular weight excluding hydrogens is 218 g/mol. The summed E-state index contributed by atoms with van der Waals surface area (Å²) in [6, 6.07) is 3.70. The molecule has 0 saturated heterocycles. The zero-order valence-electron chi connectivity index (χ0n) is 10.6. The maximum Gasteiger partial charge on any atom is 0.246 e. The Bertz CT molecular complexity index is 382. The van der Waals surface area contributed by atoms with Crippen LogP contribution in [0.1, 0.15) is 17.9 Å². The number of ether oxygens (including phenoxy) is 1. The molecule has 0 saturated carbocycles. The fraction of sp³-hybridized carbons (Fsp3) is 0.462. The molecule has 0 atom stereocenters. The Balaban J connectivity index is 2.40. The highest BCUT2D eigenvalue weighted by molar-refractivity contribution is 5.91. The first-order valence-electron chi connectivity index (χ1n) is 5.62. The Hall–Kier alpha value is -1.55. The van der Waals surface area contributed by atoms with E-state index < -0.39 is 0 Å². The Morgan fingerprint density at radius 3 is 2.88 bits per heavy atom. The lowest BCUT2D eigenvalue weighted by atomic mass is 10.3. The third-order valence-corrected chi connectivity index (χ3v) is 2.37. The van der Waals surface area contributed by atoms with Crippen molar-refractivity contribution in [1.82, 2.24) is 4.90 Å². The number of rotatable bonds is 6. The molecule has 1 aromatic heterocycles. The smallest absolute Gasteiger partial charge is 0.246 e. The molecule has 94 valence electrons. The molecule has 4 heteroatoms. The summed E-state index contributed by atoms with van der Waals surface area (Å²) in [7, 11) is 3.43. The van der Waals surface area contributed by atoms with Crippen LogP contribution in [-0.4, -0.2) is 38.1 Å². The normalized spacial score (nSPS) is 11.0. The Morgan fingerprint density at radius 1 is 1.53 bits per heavy atom. The van der Waals surface area contributed by atoms with E-state index in [1.54, 1.807) is 25.1 Å². The van der Waals surface area contributed by atoms with Gasteiger partial charge in [-0.1, -0.05) is 0 Å². The highest BCUT2D eigenvalue weighted by Crippen LogP contribution is 2.08. The Labute approximate surface area is 102 Å². The maximum absolute atomic E-state index is 11.7. The van der Waals surface area contributed by atoms with Gasteiger partial charge in [0.25, 0.3) is 0 Å². The van der Waals surface area contributed by atoms with Gasteiger partial charge >= 0.3 is 0 Å². The molecule has 1 rings (SSSR count). The van der Waals surface area contributed by atoms with Gasteiger partial charge in [-0.2, -0.15) is 0 Å². The highest BCUT2D eigenvalue weighted by atomic mass is 16.5. The van der Waals surface area contributed by atoms with Gasteiger partial charge in [-0.15, -0.1) is 0 Å². The van der Waals surface area contributed by atoms with Crippen LogP contribution < -0.4 is 0 Å². The van der Waals surface area contributed by atoms with Gasteiger partial charge in [0, 0.05) is 33.4 Å². The second-order valence-electron chi connectivity index (χ2n) is 3.89. The molecule has 0 aliphatic carbocycles. The zero-order valence-corrected chi connectivity index (χ0v) is 10.6. The van der Waals surface area contributed by atoms with Gasteiger partial charge in [0.15, 0.2) is 0 Å². The first-order chi connectivity index (χ1) is 8.13. The second-order valence-corrected chi connectivity index (χ2v) is 3.89. The molecule has 0 aliphatic rings. The van der Waals surface area contributed by atoms with Gasteiger partial charge in [-0.25, -0.2) is 0 Å². The van der Waals surface area contributed by atoms with Gasteiger partial charge in [0.2, 0.25) is 5.91 Å². The molecular formula is C13H19NO3. The number of aryl methyl sites for hydroxylation is 1. The molecule has 1 amide bonds. The van der Waals surface area contributed by atoms with Crippen LogP contribution in [0, 0.1) is 6.92 Å². The van der Waals surface area contributed by atoms with E-state index in [9.17, 15) is 4.79 Å². The SMILES string of the molecule is COCCCN(C)C(=O)/C=C/c1ccc(C)o1. The van der Waals surface area contributed by atoms with E-state index in [0.29, 0.717) is 18.9 Å². The Kier molecular flexibility index (Phi) is 5.49. The fourth-order valence-electron chi connectivity index (χ4n) is 1.38. The lowest BCUT2D eigenvalue weighted by molar-refractivity contribution is -0.124. The van der Waals surface area contributed by atoms with Crippen LogP contribution in [0.3, 0.4) is 0 Å². The molecule has 0 N–H and O–H groups in total. The number of likely N-dealkylation sites (N-methyl/N-ethyl adjacent to an activating group) is 1. The van der Waals surface area contributed by atoms with Gasteiger partial charge < -0.3 is 14.1 Å². The topological polar surface area (TPSA) is 42.7 Å². The summed E-state index contributed by atoms with van der Waals surface area (Å²) >= 11 is 0. The molecule has 0 bridgehead atoms. The van der Waals surface area contributed by atoms with Gasteiger partial charge in [-0.3, -0.25) is 4.79 Å². The fourth-order valence-corrected chi connectivity index (χ4v) is 1.38. The molecule has 0 radical (unpaired) electrons. The Morgan fingerprint density at radius 2 is 2.29 bits per heavy atom. The lowest BCUT2D eigenvalue weighted by Gasteiger charge is -2.14. The minimum absolute atomic E-state index is 0.0323. The van der Waals surface area contributed by atoms with Crippen LogP contribution >= 0.6 is 0 Å². The number of amides is 1. The number of hydrogen-bond acceptors (Lipinski definition) is 3. The summed E-state index contributed by atoms with van der Waals surface area (Å²) in [6.45, 7) is 3.23. The summed E-state index contributed by atoms with van der Waals surface area (Å²) in [5, 5.41) is 0. The third-order valence-electron chi connectivity index (χ3n) is 2.37. The van der Waals surface area contributed by atoms with Crippen molar-refractivity contribution in [3.05, 3.63) is 29.7 Å². The van der Waals surface area contributed by atoms with E-state index in [-0.39, 0.29) is 5.91 Å². The van der Waals surface area contributed by atoms with Crippen LogP contribution in [-0.2, 0) is 9.53 Å². The van der Waals surface area contributed by atoms with E-state index in [4.69, 9.17) is 9.15 Å². The van der Waals surface area contributed by atoms with E-state index in [0.717, 1.165) is 12.2 Å². The molecule has 17 heavy (non-hydrogen) atoms. The van der Waals surface area contributed by atoms with Crippen molar-refractivity contribution < 1.29 is 13.9 Å². The molecule has 1 aromatic rings. The highest BCUT2D eigenvalue weighted by Gasteiger charge is 2.04. The molecule has 0 aromatic carbocycles. The minimum Gasteiger partial charge on any atom is -0.462 e. The number of nitrogens with zero attached hydrogens (tertiary/aromatic N) is 1. The van der Waals surface area contributed by atoms with Crippen LogP contribution in [0.15, 0.2) is 22.6 Å². The molecule has 0 unspecified atom stereocenters. The first kappa shape index (κ1) is 13.5. The van der Waals surface area contributed by atoms with Crippen molar-refractivity contribution in [1.29, 1.82) is 0 Å². The van der Waals surface area contributed by atoms with Crippen molar-refractivity contribution in [2.75, 3.05) is 27.3 Å². The predicted octanol–water partition coefficient (Wildman–Crippen LogP) is 2.10. The third kappa shape index (κ3) is 4.87. The van der Waals surface area contributed by atoms with Gasteiger partial charge in [0.05, 0.1) is 0 Å². The number of hydrogen-bond donors (Lipinski definition) is 0. The average Bonchev–Trinajstić information content (AvgIpc) is 2.72. The number of furan rings is 1. The summed E-state index contributed by atoms with van der Waals surface area (Å²) in [5.74, 6) is 1.50. The molecule has 0 aliphatic heterocycles. The van der Waals surface area contributed by atoms with E-state index in [1.807, 2.05) is 19.1 Å². The first-order valence-corrected chi connectivity index (χ1v) is 5.62. The molecule has 4 nitrogen and oxygen atoms in total. The molecule has 0 spiro atoms. The zero-order chi connectivity index (χ0) is 12.7. The van der Waals surface area contributed by atoms with E-state index in [1.165, 1.54) is 6.08 Å². The van der Waals surface area contributed by atoms with Gasteiger partial charge in [0.1, 0.15) is 11.5 Å². The second kappa shape index (κ2) is 6.91. The van der Waals surface area contributed by atoms with Crippen LogP contribution in [0.25, 0.3) is 6.08 Å². The van der Waals surface area contributed by atoms with Crippen molar-refractivity contribution in [2.24, 2.45) is 0 Å². The average molecular weight is 237 g/mol. The largest absolute Gasteiger partial charge is 0.462 e. The lowest BCUT2D eigenvalue weighted by Crippen LogP contribution is -2.26. The minimum atomic E-state index is -0.0323. The summed E-state index contributed by atoms with van der Waals surface area (Å²) < 4.78 is 10.3. The van der Waals surface area contributed by atoms with Crippen LogP contribution in [0.4, 0.5) is 0 Å². The maximum atomic E-state index is 11.7. The number of carbonyl (C=O) groups excluding carboxylic acids is 1. The molecule has 0 fully saturated rings. The number of carbonyl (C=O) groups is 1. The van der Waals surface area contributed by atoms with Crippen LogP contribution in [0.2, 0.25) is 0 Å². The van der Waals surface area contributed by atoms with Crippen molar-refractivity contribution in [2.45, 2.75) is 13.3 Å². The predicted molar refractivity (Wildman–Crippen MR) is 66.6 cm³/mol. The van der Waals surface area contributed by atoms with Crippen molar-refractivity contribution in [3.63, 3.8) is 0 Å². The summed E-state index contributed by atoms with van der Waals surface area (Å²) in [4.78, 5) is 13.3. The van der Waals surface area contributed by atoms with Gasteiger partial charge in [-0.05, 0) is 31.6 Å². The standard InChI is InChI=1S/C13H19NO3/c1-11-5-6-12(17-11)7-8-13(15)14(2)9-4-10-16-3/h5-8H,4,9-10H2,1-3H3/b8-7+. The van der Waals surface area contributed by atoms with Crippen molar-refractivity contribution >= 4 is 12.0 Å². The van der Waals surface area contributed by atoms with E-state index in [2.05, 4.69) is 0 Å².